The number of nitrogens with one attached hydrogen (secondary N) is 2. The molecule has 0 saturated carbocycles. The lowest BCUT2D eigenvalue weighted by Gasteiger charge is -2.17. The topological polar surface area (TPSA) is 84.1 Å². The highest BCUT2D eigenvalue weighted by Crippen LogP contribution is 2.27. The summed E-state index contributed by atoms with van der Waals surface area (Å²) in [7, 11) is -4.12. The van der Waals surface area contributed by atoms with E-state index in [1.165, 1.54) is 24.3 Å². The molecule has 6 nitrogen and oxygen atoms in total. The summed E-state index contributed by atoms with van der Waals surface area (Å²) in [5.74, 6) is 0.0152. The van der Waals surface area contributed by atoms with Crippen molar-refractivity contribution < 1.29 is 21.9 Å². The summed E-state index contributed by atoms with van der Waals surface area (Å²) < 4.78 is 57.6. The Balaban J connectivity index is 1.86. The smallest absolute Gasteiger partial charge is 0.387 e. The van der Waals surface area contributed by atoms with Crippen LogP contribution in [0.5, 0.6) is 5.75 Å². The first kappa shape index (κ1) is 20.0. The van der Waals surface area contributed by atoms with Gasteiger partial charge in [-0.1, -0.05) is 49.4 Å². The highest BCUT2D eigenvalue weighted by molar-refractivity contribution is 7.89. The number of aromatic amines is 1. The monoisotopic (exact) mass is 407 g/mol. The van der Waals surface area contributed by atoms with E-state index in [2.05, 4.69) is 19.4 Å². The Labute approximate surface area is 161 Å². The van der Waals surface area contributed by atoms with Crippen molar-refractivity contribution in [1.29, 1.82) is 0 Å². The second-order valence-corrected chi connectivity index (χ2v) is 7.64. The van der Waals surface area contributed by atoms with Crippen LogP contribution in [0.25, 0.3) is 11.3 Å². The van der Waals surface area contributed by atoms with Crippen molar-refractivity contribution >= 4 is 10.0 Å². The number of halogens is 2. The van der Waals surface area contributed by atoms with Gasteiger partial charge in [-0.2, -0.15) is 8.78 Å². The summed E-state index contributed by atoms with van der Waals surface area (Å²) in [5.41, 5.74) is 1.66. The highest BCUT2D eigenvalue weighted by Gasteiger charge is 2.26. The number of imidazole rings is 1. The molecule has 1 aromatic heterocycles. The van der Waals surface area contributed by atoms with Gasteiger partial charge in [-0.25, -0.2) is 18.1 Å². The molecule has 0 radical (unpaired) electrons. The van der Waals surface area contributed by atoms with Crippen molar-refractivity contribution in [2.24, 2.45) is 0 Å². The van der Waals surface area contributed by atoms with Gasteiger partial charge in [0.05, 0.1) is 17.9 Å². The Bertz CT molecular complexity index is 1020. The number of aromatic nitrogens is 2. The standard InChI is InChI=1S/C19H19F2N3O3S/c1-2-14(18-22-12-15(23-18)13-8-4-3-5-9-13)24-28(25,26)17-11-7-6-10-16(17)27-19(20)21/h3-12,14,19,24H,2H2,1H3,(H,22,23). The van der Waals surface area contributed by atoms with Gasteiger partial charge in [-0.05, 0) is 24.1 Å². The van der Waals surface area contributed by atoms with Crippen molar-refractivity contribution in [1.82, 2.24) is 14.7 Å². The van der Waals surface area contributed by atoms with Gasteiger partial charge in [0.15, 0.2) is 0 Å². The summed E-state index contributed by atoms with van der Waals surface area (Å²) in [4.78, 5) is 7.03. The number of para-hydroxylation sites is 1. The number of hydrogen-bond acceptors (Lipinski definition) is 4. The number of sulfonamides is 1. The van der Waals surface area contributed by atoms with Crippen LogP contribution in [-0.4, -0.2) is 25.0 Å². The summed E-state index contributed by atoms with van der Waals surface area (Å²) in [5, 5.41) is 0. The van der Waals surface area contributed by atoms with Crippen molar-refractivity contribution in [2.45, 2.75) is 30.9 Å². The fourth-order valence-electron chi connectivity index (χ4n) is 2.73. The van der Waals surface area contributed by atoms with Gasteiger partial charge in [0.2, 0.25) is 10.0 Å². The molecule has 0 saturated heterocycles. The molecule has 1 atom stereocenters. The third-order valence-electron chi connectivity index (χ3n) is 4.07. The molecule has 3 aromatic rings. The summed E-state index contributed by atoms with van der Waals surface area (Å²) in [6, 6.07) is 14.1. The second-order valence-electron chi connectivity index (χ2n) is 5.96. The maximum absolute atomic E-state index is 12.8. The number of hydrogen-bond donors (Lipinski definition) is 2. The molecule has 2 N–H and O–H groups in total. The van der Waals surface area contributed by atoms with Crippen LogP contribution >= 0.6 is 0 Å². The van der Waals surface area contributed by atoms with Crippen LogP contribution in [0, 0.1) is 0 Å². The van der Waals surface area contributed by atoms with Crippen molar-refractivity contribution in [3.63, 3.8) is 0 Å². The third kappa shape index (κ3) is 4.55. The maximum atomic E-state index is 12.8. The van der Waals surface area contributed by atoms with E-state index in [-0.39, 0.29) is 4.90 Å². The Hall–Kier alpha value is -2.78. The quantitative estimate of drug-likeness (QED) is 0.589. The Morgan fingerprint density at radius 2 is 1.79 bits per heavy atom. The van der Waals surface area contributed by atoms with Crippen LogP contribution in [0.4, 0.5) is 8.78 Å². The molecule has 0 spiro atoms. The third-order valence-corrected chi connectivity index (χ3v) is 5.58. The largest absolute Gasteiger partial charge is 0.433 e. The van der Waals surface area contributed by atoms with Gasteiger partial charge >= 0.3 is 6.61 Å². The summed E-state index contributed by atoms with van der Waals surface area (Å²) in [6.07, 6.45) is 2.02. The van der Waals surface area contributed by atoms with E-state index in [1.807, 2.05) is 30.3 Å². The van der Waals surface area contributed by atoms with E-state index in [1.54, 1.807) is 13.1 Å². The van der Waals surface area contributed by atoms with Crippen LogP contribution in [0.2, 0.25) is 0 Å². The predicted octanol–water partition coefficient (Wildman–Crippen LogP) is 4.11. The lowest BCUT2D eigenvalue weighted by molar-refractivity contribution is -0.0517. The van der Waals surface area contributed by atoms with Gasteiger partial charge in [-0.15, -0.1) is 0 Å². The Morgan fingerprint density at radius 3 is 2.46 bits per heavy atom. The molecule has 28 heavy (non-hydrogen) atoms. The zero-order valence-corrected chi connectivity index (χ0v) is 15.8. The molecule has 0 aliphatic carbocycles. The Morgan fingerprint density at radius 1 is 1.11 bits per heavy atom. The number of alkyl halides is 2. The van der Waals surface area contributed by atoms with E-state index in [0.29, 0.717) is 12.2 Å². The normalized spacial score (nSPS) is 12.9. The van der Waals surface area contributed by atoms with Crippen LogP contribution in [0.1, 0.15) is 25.2 Å². The SMILES string of the molecule is CCC(NS(=O)(=O)c1ccccc1OC(F)F)c1ncc(-c2ccccc2)[nH]1. The highest BCUT2D eigenvalue weighted by atomic mass is 32.2. The van der Waals surface area contributed by atoms with E-state index in [4.69, 9.17) is 0 Å². The molecule has 0 fully saturated rings. The first-order valence-electron chi connectivity index (χ1n) is 8.57. The van der Waals surface area contributed by atoms with Crippen molar-refractivity contribution in [2.75, 3.05) is 0 Å². The number of nitrogens with zero attached hydrogens (tertiary/aromatic N) is 1. The van der Waals surface area contributed by atoms with E-state index < -0.39 is 28.4 Å². The van der Waals surface area contributed by atoms with Crippen LogP contribution in [0.15, 0.2) is 65.7 Å². The molecule has 9 heteroatoms. The molecule has 1 heterocycles. The van der Waals surface area contributed by atoms with Crippen LogP contribution < -0.4 is 9.46 Å². The van der Waals surface area contributed by atoms with E-state index in [9.17, 15) is 17.2 Å². The fourth-order valence-corrected chi connectivity index (χ4v) is 4.15. The van der Waals surface area contributed by atoms with Gasteiger partial charge in [0.1, 0.15) is 16.5 Å². The predicted molar refractivity (Wildman–Crippen MR) is 100 cm³/mol. The fraction of sp³-hybridized carbons (Fsp3) is 0.211. The van der Waals surface area contributed by atoms with Gasteiger partial charge < -0.3 is 9.72 Å². The van der Waals surface area contributed by atoms with Gasteiger partial charge in [0.25, 0.3) is 0 Å². The van der Waals surface area contributed by atoms with Gasteiger partial charge in [0, 0.05) is 0 Å². The van der Waals surface area contributed by atoms with Gasteiger partial charge in [-0.3, -0.25) is 0 Å². The minimum Gasteiger partial charge on any atom is -0.433 e. The lowest BCUT2D eigenvalue weighted by Crippen LogP contribution is -2.29. The molecule has 0 amide bonds. The van der Waals surface area contributed by atoms with E-state index >= 15 is 0 Å². The molecule has 0 bridgehead atoms. The zero-order chi connectivity index (χ0) is 20.1. The molecule has 2 aromatic carbocycles. The maximum Gasteiger partial charge on any atom is 0.387 e. The molecule has 0 aliphatic rings. The molecule has 1 unspecified atom stereocenters. The minimum atomic E-state index is -4.12. The number of ether oxygens (including phenoxy) is 1. The molecular weight excluding hydrogens is 388 g/mol. The number of benzene rings is 2. The first-order valence-corrected chi connectivity index (χ1v) is 10.1. The number of rotatable bonds is 8. The Kier molecular flexibility index (Phi) is 6.05. The molecule has 3 rings (SSSR count). The first-order chi connectivity index (χ1) is 13.4. The second kappa shape index (κ2) is 8.49. The summed E-state index contributed by atoms with van der Waals surface area (Å²) in [6.45, 7) is -1.34. The average molecular weight is 407 g/mol. The van der Waals surface area contributed by atoms with Crippen molar-refractivity contribution in [3.05, 3.63) is 66.6 Å². The van der Waals surface area contributed by atoms with Crippen LogP contribution in [0.3, 0.4) is 0 Å². The molecule has 0 aliphatic heterocycles. The lowest BCUT2D eigenvalue weighted by atomic mass is 10.2. The summed E-state index contributed by atoms with van der Waals surface area (Å²) >= 11 is 0. The molecular formula is C19H19F2N3O3S. The average Bonchev–Trinajstić information content (AvgIpc) is 3.17. The zero-order valence-electron chi connectivity index (χ0n) is 15.0. The van der Waals surface area contributed by atoms with Crippen LogP contribution in [-0.2, 0) is 10.0 Å². The molecule has 148 valence electrons. The van der Waals surface area contributed by atoms with Crippen molar-refractivity contribution in [3.8, 4) is 17.0 Å². The number of H-pyrrole nitrogens is 1. The van der Waals surface area contributed by atoms with E-state index in [0.717, 1.165) is 11.3 Å². The minimum absolute atomic E-state index is 0.358.